The highest BCUT2D eigenvalue weighted by Crippen LogP contribution is 2.18. The molecule has 2 aromatic carbocycles. The molecule has 1 aliphatic heterocycles. The number of morpholine rings is 1. The number of sulfonamides is 1. The van der Waals surface area contributed by atoms with Crippen LogP contribution in [0.25, 0.3) is 0 Å². The van der Waals surface area contributed by atoms with Crippen LogP contribution in [0, 0.1) is 0 Å². The minimum Gasteiger partial charge on any atom is -0.378 e. The van der Waals surface area contributed by atoms with Gasteiger partial charge in [0.25, 0.3) is 5.91 Å². The topological polar surface area (TPSA) is 96.0 Å². The van der Waals surface area contributed by atoms with Crippen LogP contribution < -0.4 is 5.32 Å². The Kier molecular flexibility index (Phi) is 8.00. The number of hydrogen-bond acceptors (Lipinski definition) is 5. The molecule has 1 saturated heterocycles. The molecule has 0 aliphatic carbocycles. The van der Waals surface area contributed by atoms with Crippen LogP contribution in [0.4, 0.5) is 5.69 Å². The second kappa shape index (κ2) is 10.7. The van der Waals surface area contributed by atoms with Crippen LogP contribution in [0.1, 0.15) is 29.8 Å². The summed E-state index contributed by atoms with van der Waals surface area (Å²) in [5, 5.41) is 2.79. The zero-order valence-corrected chi connectivity index (χ0v) is 19.2. The largest absolute Gasteiger partial charge is 0.378 e. The average Bonchev–Trinajstić information content (AvgIpc) is 2.81. The number of carbonyl (C=O) groups is 2. The highest BCUT2D eigenvalue weighted by molar-refractivity contribution is 7.89. The Labute approximate surface area is 189 Å². The second-order valence-electron chi connectivity index (χ2n) is 7.43. The Morgan fingerprint density at radius 1 is 0.969 bits per heavy atom. The fourth-order valence-corrected chi connectivity index (χ4v) is 4.96. The molecule has 8 nitrogen and oxygen atoms in total. The Morgan fingerprint density at radius 2 is 1.56 bits per heavy atom. The van der Waals surface area contributed by atoms with E-state index in [1.54, 1.807) is 30.9 Å². The molecule has 172 valence electrons. The first-order valence-electron chi connectivity index (χ1n) is 10.7. The number of amides is 2. The van der Waals surface area contributed by atoms with Gasteiger partial charge in [-0.2, -0.15) is 4.31 Å². The summed E-state index contributed by atoms with van der Waals surface area (Å²) in [5.41, 5.74) is 1.82. The van der Waals surface area contributed by atoms with Gasteiger partial charge in [-0.05, 0) is 42.0 Å². The van der Waals surface area contributed by atoms with Gasteiger partial charge in [0.1, 0.15) is 0 Å². The molecule has 0 aromatic heterocycles. The summed E-state index contributed by atoms with van der Waals surface area (Å²) >= 11 is 0. The second-order valence-corrected chi connectivity index (χ2v) is 9.37. The number of nitrogens with one attached hydrogen (secondary N) is 1. The fourth-order valence-electron chi connectivity index (χ4n) is 3.50. The van der Waals surface area contributed by atoms with Crippen molar-refractivity contribution < 1.29 is 22.7 Å². The normalized spacial score (nSPS) is 14.4. The molecule has 2 amide bonds. The molecule has 0 unspecified atom stereocenters. The van der Waals surface area contributed by atoms with Gasteiger partial charge in [0.05, 0.1) is 24.5 Å². The molecular weight excluding hydrogens is 430 g/mol. The SMILES string of the molecule is CCN(CC)S(=O)(=O)c1ccc(C(=O)Nc2ccc(CC(=O)N3CCOCC3)cc2)cc1. The molecule has 2 aromatic rings. The molecule has 1 aliphatic rings. The van der Waals surface area contributed by atoms with Crippen molar-refractivity contribution in [3.8, 4) is 0 Å². The molecule has 0 radical (unpaired) electrons. The summed E-state index contributed by atoms with van der Waals surface area (Å²) in [6.45, 7) is 6.70. The van der Waals surface area contributed by atoms with Crippen LogP contribution in [-0.2, 0) is 26.0 Å². The molecule has 0 atom stereocenters. The van der Waals surface area contributed by atoms with Crippen LogP contribution in [0.3, 0.4) is 0 Å². The zero-order chi connectivity index (χ0) is 23.1. The van der Waals surface area contributed by atoms with Crippen LogP contribution in [0.15, 0.2) is 53.4 Å². The molecule has 3 rings (SSSR count). The molecule has 1 fully saturated rings. The van der Waals surface area contributed by atoms with Gasteiger partial charge in [-0.1, -0.05) is 26.0 Å². The Bertz CT molecular complexity index is 1030. The number of benzene rings is 2. The highest BCUT2D eigenvalue weighted by Gasteiger charge is 2.22. The van der Waals surface area contributed by atoms with Crippen molar-refractivity contribution in [1.29, 1.82) is 0 Å². The summed E-state index contributed by atoms with van der Waals surface area (Å²) in [4.78, 5) is 26.8. The summed E-state index contributed by atoms with van der Waals surface area (Å²) < 4.78 is 31.8. The van der Waals surface area contributed by atoms with Gasteiger partial charge < -0.3 is 15.0 Å². The summed E-state index contributed by atoms with van der Waals surface area (Å²) in [5.74, 6) is -0.279. The smallest absolute Gasteiger partial charge is 0.255 e. The monoisotopic (exact) mass is 459 g/mol. The third-order valence-corrected chi connectivity index (χ3v) is 7.45. The number of rotatable bonds is 8. The first kappa shape index (κ1) is 23.9. The van der Waals surface area contributed by atoms with Gasteiger partial charge in [-0.25, -0.2) is 8.42 Å². The number of hydrogen-bond donors (Lipinski definition) is 1. The predicted molar refractivity (Wildman–Crippen MR) is 122 cm³/mol. The molecule has 0 saturated carbocycles. The van der Waals surface area contributed by atoms with Crippen molar-refractivity contribution in [2.75, 3.05) is 44.7 Å². The van der Waals surface area contributed by atoms with E-state index in [0.717, 1.165) is 5.56 Å². The lowest BCUT2D eigenvalue weighted by Crippen LogP contribution is -2.41. The zero-order valence-electron chi connectivity index (χ0n) is 18.4. The van der Waals surface area contributed by atoms with Crippen LogP contribution in [-0.4, -0.2) is 68.8 Å². The molecule has 0 spiro atoms. The van der Waals surface area contributed by atoms with Crippen molar-refractivity contribution in [1.82, 2.24) is 9.21 Å². The van der Waals surface area contributed by atoms with Crippen LogP contribution in [0.2, 0.25) is 0 Å². The Morgan fingerprint density at radius 3 is 2.12 bits per heavy atom. The standard InChI is InChI=1S/C23H29N3O5S/c1-3-26(4-2)32(29,30)21-11-7-19(8-12-21)23(28)24-20-9-5-18(6-10-20)17-22(27)25-13-15-31-16-14-25/h5-12H,3-4,13-17H2,1-2H3,(H,24,28). The van der Waals surface area contributed by atoms with E-state index in [1.165, 1.54) is 28.6 Å². The first-order valence-corrected chi connectivity index (χ1v) is 12.1. The van der Waals surface area contributed by atoms with Gasteiger partial charge in [0.15, 0.2) is 0 Å². The Balaban J connectivity index is 1.60. The van der Waals surface area contributed by atoms with E-state index in [2.05, 4.69) is 5.32 Å². The molecule has 9 heteroatoms. The van der Waals surface area contributed by atoms with Gasteiger partial charge in [-0.15, -0.1) is 0 Å². The first-order chi connectivity index (χ1) is 15.3. The van der Waals surface area contributed by atoms with E-state index >= 15 is 0 Å². The highest BCUT2D eigenvalue weighted by atomic mass is 32.2. The van der Waals surface area contributed by atoms with Crippen molar-refractivity contribution >= 4 is 27.5 Å². The van der Waals surface area contributed by atoms with Crippen molar-refractivity contribution in [3.63, 3.8) is 0 Å². The van der Waals surface area contributed by atoms with Crippen molar-refractivity contribution in [2.45, 2.75) is 25.2 Å². The minimum absolute atomic E-state index is 0.0600. The van der Waals surface area contributed by atoms with Gasteiger partial charge in [-0.3, -0.25) is 9.59 Å². The Hall–Kier alpha value is -2.75. The van der Waals surface area contributed by atoms with Crippen LogP contribution >= 0.6 is 0 Å². The van der Waals surface area contributed by atoms with E-state index in [9.17, 15) is 18.0 Å². The quantitative estimate of drug-likeness (QED) is 0.654. The fraction of sp³-hybridized carbons (Fsp3) is 0.391. The lowest BCUT2D eigenvalue weighted by Gasteiger charge is -2.26. The lowest BCUT2D eigenvalue weighted by molar-refractivity contribution is -0.134. The van der Waals surface area contributed by atoms with Crippen molar-refractivity contribution in [2.24, 2.45) is 0 Å². The third-order valence-electron chi connectivity index (χ3n) is 5.39. The average molecular weight is 460 g/mol. The number of anilines is 1. The van der Waals surface area contributed by atoms with E-state index in [0.29, 0.717) is 57.1 Å². The third kappa shape index (κ3) is 5.73. The van der Waals surface area contributed by atoms with Gasteiger partial charge >= 0.3 is 0 Å². The number of carbonyl (C=O) groups excluding carboxylic acids is 2. The molecular formula is C23H29N3O5S. The summed E-state index contributed by atoms with van der Waals surface area (Å²) in [7, 11) is -3.56. The van der Waals surface area contributed by atoms with E-state index < -0.39 is 10.0 Å². The molecule has 32 heavy (non-hydrogen) atoms. The van der Waals surface area contributed by atoms with E-state index in [-0.39, 0.29) is 16.7 Å². The van der Waals surface area contributed by atoms with Gasteiger partial charge in [0, 0.05) is 37.4 Å². The summed E-state index contributed by atoms with van der Waals surface area (Å²) in [6, 6.07) is 13.0. The van der Waals surface area contributed by atoms with Crippen molar-refractivity contribution in [3.05, 3.63) is 59.7 Å². The molecule has 1 heterocycles. The predicted octanol–water partition coefficient (Wildman–Crippen LogP) is 2.37. The van der Waals surface area contributed by atoms with E-state index in [1.807, 2.05) is 12.1 Å². The van der Waals surface area contributed by atoms with Gasteiger partial charge in [0.2, 0.25) is 15.9 Å². The molecule has 1 N–H and O–H groups in total. The maximum Gasteiger partial charge on any atom is 0.255 e. The van der Waals surface area contributed by atoms with E-state index in [4.69, 9.17) is 4.74 Å². The maximum absolute atomic E-state index is 12.6. The maximum atomic E-state index is 12.6. The lowest BCUT2D eigenvalue weighted by atomic mass is 10.1. The summed E-state index contributed by atoms with van der Waals surface area (Å²) in [6.07, 6.45) is 0.302. The minimum atomic E-state index is -3.56. The number of ether oxygens (including phenoxy) is 1. The molecule has 0 bridgehead atoms. The van der Waals surface area contributed by atoms with Crippen LogP contribution in [0.5, 0.6) is 0 Å². The number of nitrogens with zero attached hydrogens (tertiary/aromatic N) is 2.